The van der Waals surface area contributed by atoms with Crippen molar-refractivity contribution < 1.29 is 19.0 Å². The van der Waals surface area contributed by atoms with E-state index in [1.54, 1.807) is 12.3 Å². The molecular formula is C20H23FN4O3. The van der Waals surface area contributed by atoms with Crippen molar-refractivity contribution in [1.29, 1.82) is 0 Å². The maximum absolute atomic E-state index is 14.3. The number of rotatable bonds is 3. The number of carbonyl (C=O) groups is 1. The van der Waals surface area contributed by atoms with Crippen LogP contribution in [0.25, 0.3) is 0 Å². The summed E-state index contributed by atoms with van der Waals surface area (Å²) in [5, 5.41) is 9.10. The Morgan fingerprint density at radius 3 is 2.79 bits per heavy atom. The number of fused-ring (bicyclic) bond motifs is 1. The van der Waals surface area contributed by atoms with Crippen LogP contribution in [0.5, 0.6) is 0 Å². The molecule has 1 saturated heterocycles. The van der Waals surface area contributed by atoms with E-state index >= 15 is 0 Å². The first-order valence-corrected chi connectivity index (χ1v) is 9.33. The molecule has 8 heteroatoms. The first-order chi connectivity index (χ1) is 13.3. The second-order valence-corrected chi connectivity index (χ2v) is 7.85. The monoisotopic (exact) mass is 386 g/mol. The van der Waals surface area contributed by atoms with E-state index in [0.717, 1.165) is 16.8 Å². The van der Waals surface area contributed by atoms with E-state index in [0.29, 0.717) is 45.0 Å². The summed E-state index contributed by atoms with van der Waals surface area (Å²) >= 11 is 0. The van der Waals surface area contributed by atoms with Crippen LogP contribution < -0.4 is 9.80 Å². The molecule has 0 spiro atoms. The highest BCUT2D eigenvalue weighted by atomic mass is 19.1. The maximum Gasteiger partial charge on any atom is 0.354 e. The Hall–Kier alpha value is -2.74. The SMILES string of the molecule is CC1(C)CN(c2cc(F)nc(N3CCc4cc(C(=O)O)ncc4C3)c2)CCO1. The smallest absolute Gasteiger partial charge is 0.354 e. The minimum Gasteiger partial charge on any atom is -0.477 e. The summed E-state index contributed by atoms with van der Waals surface area (Å²) in [6.07, 6.45) is 2.26. The summed E-state index contributed by atoms with van der Waals surface area (Å²) in [5.74, 6) is -0.968. The molecule has 2 aromatic rings. The van der Waals surface area contributed by atoms with Crippen LogP contribution in [0.15, 0.2) is 24.4 Å². The highest BCUT2D eigenvalue weighted by Gasteiger charge is 2.28. The molecule has 4 heterocycles. The predicted molar refractivity (Wildman–Crippen MR) is 102 cm³/mol. The van der Waals surface area contributed by atoms with Crippen LogP contribution in [0.2, 0.25) is 0 Å². The zero-order chi connectivity index (χ0) is 19.9. The molecule has 1 N–H and O–H groups in total. The van der Waals surface area contributed by atoms with Crippen molar-refractivity contribution >= 4 is 17.5 Å². The maximum atomic E-state index is 14.3. The molecule has 0 unspecified atom stereocenters. The minimum atomic E-state index is -1.03. The predicted octanol–water partition coefficient (Wildman–Crippen LogP) is 2.49. The Balaban J connectivity index is 1.58. The molecule has 0 aromatic carbocycles. The van der Waals surface area contributed by atoms with E-state index in [9.17, 15) is 9.18 Å². The second-order valence-electron chi connectivity index (χ2n) is 7.85. The summed E-state index contributed by atoms with van der Waals surface area (Å²) in [6.45, 7) is 7.20. The molecule has 0 amide bonds. The van der Waals surface area contributed by atoms with Crippen LogP contribution in [-0.4, -0.2) is 52.9 Å². The van der Waals surface area contributed by atoms with Crippen molar-refractivity contribution in [3.05, 3.63) is 47.2 Å². The summed E-state index contributed by atoms with van der Waals surface area (Å²) in [4.78, 5) is 23.3. The zero-order valence-corrected chi connectivity index (χ0v) is 16.0. The third kappa shape index (κ3) is 3.77. The fraction of sp³-hybridized carbons (Fsp3) is 0.450. The van der Waals surface area contributed by atoms with Crippen molar-refractivity contribution in [3.63, 3.8) is 0 Å². The van der Waals surface area contributed by atoms with E-state index in [1.165, 1.54) is 6.07 Å². The molecule has 148 valence electrons. The number of aromatic nitrogens is 2. The Kier molecular flexibility index (Phi) is 4.66. The molecule has 2 aromatic heterocycles. The van der Waals surface area contributed by atoms with Gasteiger partial charge in [-0.25, -0.2) is 14.8 Å². The quantitative estimate of drug-likeness (QED) is 0.812. The van der Waals surface area contributed by atoms with Gasteiger partial charge in [0.15, 0.2) is 0 Å². The molecule has 28 heavy (non-hydrogen) atoms. The Labute approximate surface area is 162 Å². The minimum absolute atomic E-state index is 0.0494. The van der Waals surface area contributed by atoms with E-state index in [4.69, 9.17) is 9.84 Å². The fourth-order valence-corrected chi connectivity index (χ4v) is 3.80. The van der Waals surface area contributed by atoms with Gasteiger partial charge in [-0.15, -0.1) is 0 Å². The molecule has 2 aliphatic rings. The van der Waals surface area contributed by atoms with Crippen LogP contribution in [0.1, 0.15) is 35.5 Å². The molecule has 2 aliphatic heterocycles. The van der Waals surface area contributed by atoms with Gasteiger partial charge < -0.3 is 19.6 Å². The van der Waals surface area contributed by atoms with E-state index in [-0.39, 0.29) is 11.3 Å². The number of anilines is 2. The molecule has 7 nitrogen and oxygen atoms in total. The van der Waals surface area contributed by atoms with Gasteiger partial charge in [0.25, 0.3) is 0 Å². The molecule has 0 atom stereocenters. The molecule has 4 rings (SSSR count). The molecule has 0 radical (unpaired) electrons. The number of pyridine rings is 2. The number of carboxylic acid groups (broad SMARTS) is 1. The van der Waals surface area contributed by atoms with Gasteiger partial charge in [-0.2, -0.15) is 4.39 Å². The summed E-state index contributed by atoms with van der Waals surface area (Å²) in [7, 11) is 0. The van der Waals surface area contributed by atoms with Crippen LogP contribution in [-0.2, 0) is 17.7 Å². The number of ether oxygens (including phenoxy) is 1. The van der Waals surface area contributed by atoms with Gasteiger partial charge >= 0.3 is 5.97 Å². The number of halogens is 1. The van der Waals surface area contributed by atoms with E-state index in [1.807, 2.05) is 24.8 Å². The molecule has 0 bridgehead atoms. The zero-order valence-electron chi connectivity index (χ0n) is 16.0. The van der Waals surface area contributed by atoms with E-state index in [2.05, 4.69) is 14.9 Å². The van der Waals surface area contributed by atoms with Crippen LogP contribution in [0, 0.1) is 5.95 Å². The Bertz CT molecular complexity index is 918. The Morgan fingerprint density at radius 2 is 2.04 bits per heavy atom. The van der Waals surface area contributed by atoms with Crippen molar-refractivity contribution in [2.24, 2.45) is 0 Å². The summed E-state index contributed by atoms with van der Waals surface area (Å²) in [5.41, 5.74) is 2.47. The van der Waals surface area contributed by atoms with Crippen molar-refractivity contribution in [2.75, 3.05) is 36.0 Å². The van der Waals surface area contributed by atoms with Gasteiger partial charge in [0.2, 0.25) is 5.95 Å². The lowest BCUT2D eigenvalue weighted by molar-refractivity contribution is -0.0277. The molecule has 1 fully saturated rings. The lowest BCUT2D eigenvalue weighted by Crippen LogP contribution is -2.48. The average Bonchev–Trinajstić information content (AvgIpc) is 2.65. The van der Waals surface area contributed by atoms with E-state index < -0.39 is 11.9 Å². The van der Waals surface area contributed by atoms with Gasteiger partial charge in [-0.05, 0) is 37.5 Å². The number of aromatic carboxylic acids is 1. The first kappa shape index (κ1) is 18.6. The number of carboxylic acids is 1. The van der Waals surface area contributed by atoms with Gasteiger partial charge in [-0.1, -0.05) is 0 Å². The standard InChI is InChI=1S/C20H23FN4O3/c1-20(2)12-25(5-6-28-20)15-8-17(21)23-18(9-15)24-4-3-13-7-16(19(26)27)22-10-14(13)11-24/h7-10H,3-6,11-12H2,1-2H3,(H,26,27). The lowest BCUT2D eigenvalue weighted by Gasteiger charge is -2.39. The number of morpholine rings is 1. The first-order valence-electron chi connectivity index (χ1n) is 9.33. The normalized spacial score (nSPS) is 18.7. The number of hydrogen-bond acceptors (Lipinski definition) is 6. The van der Waals surface area contributed by atoms with Gasteiger partial charge in [0, 0.05) is 50.2 Å². The third-order valence-corrected chi connectivity index (χ3v) is 5.19. The highest BCUT2D eigenvalue weighted by Crippen LogP contribution is 2.29. The Morgan fingerprint density at radius 1 is 1.21 bits per heavy atom. The van der Waals surface area contributed by atoms with Crippen LogP contribution in [0.3, 0.4) is 0 Å². The van der Waals surface area contributed by atoms with Crippen LogP contribution in [0.4, 0.5) is 15.9 Å². The number of hydrogen-bond donors (Lipinski definition) is 1. The largest absolute Gasteiger partial charge is 0.477 e. The van der Waals surface area contributed by atoms with Crippen molar-refractivity contribution in [2.45, 2.75) is 32.4 Å². The summed E-state index contributed by atoms with van der Waals surface area (Å²) in [6, 6.07) is 4.99. The highest BCUT2D eigenvalue weighted by molar-refractivity contribution is 5.85. The lowest BCUT2D eigenvalue weighted by atomic mass is 10.0. The van der Waals surface area contributed by atoms with Gasteiger partial charge in [0.1, 0.15) is 11.5 Å². The summed E-state index contributed by atoms with van der Waals surface area (Å²) < 4.78 is 20.0. The topological polar surface area (TPSA) is 78.8 Å². The average molecular weight is 386 g/mol. The molecule has 0 saturated carbocycles. The van der Waals surface area contributed by atoms with Gasteiger partial charge in [-0.3, -0.25) is 0 Å². The molecular weight excluding hydrogens is 363 g/mol. The van der Waals surface area contributed by atoms with Crippen LogP contribution >= 0.6 is 0 Å². The van der Waals surface area contributed by atoms with Crippen molar-refractivity contribution in [1.82, 2.24) is 9.97 Å². The second kappa shape index (κ2) is 7.01. The number of nitrogens with zero attached hydrogens (tertiary/aromatic N) is 4. The van der Waals surface area contributed by atoms with Crippen molar-refractivity contribution in [3.8, 4) is 0 Å². The van der Waals surface area contributed by atoms with Gasteiger partial charge in [0.05, 0.1) is 12.2 Å². The third-order valence-electron chi connectivity index (χ3n) is 5.19. The fourth-order valence-electron chi connectivity index (χ4n) is 3.80. The molecule has 0 aliphatic carbocycles.